The summed E-state index contributed by atoms with van der Waals surface area (Å²) in [7, 11) is -1.57. The number of hydrogen-bond acceptors (Lipinski definition) is 5. The highest BCUT2D eigenvalue weighted by Gasteiger charge is 2.27. The van der Waals surface area contributed by atoms with Gasteiger partial charge >= 0.3 is 7.12 Å². The van der Waals surface area contributed by atoms with E-state index in [1.165, 1.54) is 18.3 Å². The number of hydrogen-bond donors (Lipinski definition) is 2. The van der Waals surface area contributed by atoms with E-state index in [9.17, 15) is 4.79 Å². The van der Waals surface area contributed by atoms with Crippen LogP contribution in [-0.4, -0.2) is 58.3 Å². The number of amides is 1. The van der Waals surface area contributed by atoms with Crippen molar-refractivity contribution in [3.05, 3.63) is 24.0 Å². The Bertz CT molecular complexity index is 442. The van der Waals surface area contributed by atoms with Crippen LogP contribution in [0.25, 0.3) is 0 Å². The van der Waals surface area contributed by atoms with E-state index in [0.717, 1.165) is 0 Å². The minimum Gasteiger partial charge on any atom is -0.423 e. The number of nitrogens with zero attached hydrogens (tertiary/aromatic N) is 2. The fourth-order valence-corrected chi connectivity index (χ4v) is 2.19. The van der Waals surface area contributed by atoms with Gasteiger partial charge in [0, 0.05) is 24.7 Å². The number of carbonyl (C=O) groups is 1. The predicted octanol–water partition coefficient (Wildman–Crippen LogP) is -0.989. The van der Waals surface area contributed by atoms with Crippen LogP contribution in [0.15, 0.2) is 18.3 Å². The third kappa shape index (κ3) is 3.31. The maximum Gasteiger partial charge on any atom is 0.490 e. The standard InChI is InChI=1S/C12H17BN2O4/c1-8-6-15(7-9(2)19-8)12(16)11-4-3-10(5-14-11)13(17)18/h3-5,8-9,17-18H,6-7H2,1-2H3/t8-,9+. The molecule has 2 N–H and O–H groups in total. The van der Waals surface area contributed by atoms with Crippen LogP contribution in [0.5, 0.6) is 0 Å². The largest absolute Gasteiger partial charge is 0.490 e. The van der Waals surface area contributed by atoms with Crippen molar-refractivity contribution < 1.29 is 19.6 Å². The van der Waals surface area contributed by atoms with Gasteiger partial charge in [0.25, 0.3) is 5.91 Å². The molecule has 0 unspecified atom stereocenters. The molecule has 19 heavy (non-hydrogen) atoms. The minimum atomic E-state index is -1.57. The molecule has 0 bridgehead atoms. The van der Waals surface area contributed by atoms with Gasteiger partial charge in [-0.25, -0.2) is 0 Å². The van der Waals surface area contributed by atoms with Crippen LogP contribution in [-0.2, 0) is 4.74 Å². The second kappa shape index (κ2) is 5.69. The van der Waals surface area contributed by atoms with E-state index < -0.39 is 7.12 Å². The number of ether oxygens (including phenoxy) is 1. The Labute approximate surface area is 112 Å². The third-order valence-electron chi connectivity index (χ3n) is 3.01. The normalized spacial score (nSPS) is 23.3. The Balaban J connectivity index is 2.10. The molecule has 6 nitrogen and oxygen atoms in total. The molecule has 1 aromatic heterocycles. The molecule has 0 radical (unpaired) electrons. The topological polar surface area (TPSA) is 82.9 Å². The molecular weight excluding hydrogens is 247 g/mol. The van der Waals surface area contributed by atoms with E-state index in [2.05, 4.69) is 4.98 Å². The predicted molar refractivity (Wildman–Crippen MR) is 70.0 cm³/mol. The Morgan fingerprint density at radius 2 is 2.00 bits per heavy atom. The third-order valence-corrected chi connectivity index (χ3v) is 3.01. The van der Waals surface area contributed by atoms with Crippen molar-refractivity contribution in [3.63, 3.8) is 0 Å². The van der Waals surface area contributed by atoms with Crippen molar-refractivity contribution in [2.45, 2.75) is 26.1 Å². The van der Waals surface area contributed by atoms with Crippen LogP contribution in [0.2, 0.25) is 0 Å². The molecule has 1 amide bonds. The summed E-state index contributed by atoms with van der Waals surface area (Å²) >= 11 is 0. The molecular formula is C12H17BN2O4. The first-order chi connectivity index (χ1) is 8.97. The van der Waals surface area contributed by atoms with Gasteiger partial charge in [-0.3, -0.25) is 9.78 Å². The van der Waals surface area contributed by atoms with Crippen molar-refractivity contribution in [2.24, 2.45) is 0 Å². The van der Waals surface area contributed by atoms with Gasteiger partial charge in [-0.15, -0.1) is 0 Å². The molecule has 2 rings (SSSR count). The van der Waals surface area contributed by atoms with E-state index in [0.29, 0.717) is 18.8 Å². The smallest absolute Gasteiger partial charge is 0.423 e. The number of morpholine rings is 1. The summed E-state index contributed by atoms with van der Waals surface area (Å²) in [6.45, 7) is 4.92. The first kappa shape index (κ1) is 14.0. The van der Waals surface area contributed by atoms with Gasteiger partial charge in [0.2, 0.25) is 0 Å². The molecule has 1 aliphatic heterocycles. The molecule has 1 saturated heterocycles. The maximum absolute atomic E-state index is 12.3. The van der Waals surface area contributed by atoms with E-state index in [1.54, 1.807) is 4.90 Å². The minimum absolute atomic E-state index is 0.00578. The number of carbonyl (C=O) groups excluding carboxylic acids is 1. The lowest BCUT2D eigenvalue weighted by Gasteiger charge is -2.35. The van der Waals surface area contributed by atoms with Crippen molar-refractivity contribution in [1.29, 1.82) is 0 Å². The van der Waals surface area contributed by atoms with Gasteiger partial charge in [-0.1, -0.05) is 6.07 Å². The Kier molecular flexibility index (Phi) is 4.19. The van der Waals surface area contributed by atoms with Crippen LogP contribution in [0.1, 0.15) is 24.3 Å². The van der Waals surface area contributed by atoms with Crippen molar-refractivity contribution in [3.8, 4) is 0 Å². The van der Waals surface area contributed by atoms with E-state index in [4.69, 9.17) is 14.8 Å². The molecule has 102 valence electrons. The summed E-state index contributed by atoms with van der Waals surface area (Å²) in [5, 5.41) is 18.0. The molecule has 0 aromatic carbocycles. The Morgan fingerprint density at radius 1 is 1.37 bits per heavy atom. The van der Waals surface area contributed by atoms with Gasteiger partial charge in [0.1, 0.15) is 5.69 Å². The van der Waals surface area contributed by atoms with Crippen LogP contribution >= 0.6 is 0 Å². The van der Waals surface area contributed by atoms with Gasteiger partial charge in [-0.05, 0) is 19.9 Å². The van der Waals surface area contributed by atoms with E-state index in [1.807, 2.05) is 13.8 Å². The highest BCUT2D eigenvalue weighted by molar-refractivity contribution is 6.58. The van der Waals surface area contributed by atoms with E-state index in [-0.39, 0.29) is 23.6 Å². The van der Waals surface area contributed by atoms with Crippen LogP contribution in [0, 0.1) is 0 Å². The molecule has 1 fully saturated rings. The highest BCUT2D eigenvalue weighted by Crippen LogP contribution is 2.13. The fourth-order valence-electron chi connectivity index (χ4n) is 2.19. The first-order valence-corrected chi connectivity index (χ1v) is 6.24. The van der Waals surface area contributed by atoms with Gasteiger partial charge in [0.15, 0.2) is 0 Å². The zero-order valence-corrected chi connectivity index (χ0v) is 11.0. The SMILES string of the molecule is C[C@@H]1CN(C(=O)c2ccc(B(O)O)cn2)C[C@H](C)O1. The summed E-state index contributed by atoms with van der Waals surface area (Å²) in [5.74, 6) is -0.166. The monoisotopic (exact) mass is 264 g/mol. The quantitative estimate of drug-likeness (QED) is 0.670. The summed E-state index contributed by atoms with van der Waals surface area (Å²) in [6, 6.07) is 2.99. The van der Waals surface area contributed by atoms with Gasteiger partial charge < -0.3 is 19.7 Å². The van der Waals surface area contributed by atoms with Gasteiger partial charge in [-0.2, -0.15) is 0 Å². The summed E-state index contributed by atoms with van der Waals surface area (Å²) < 4.78 is 5.57. The van der Waals surface area contributed by atoms with Crippen LogP contribution in [0.3, 0.4) is 0 Å². The Hall–Kier alpha value is -1.44. The summed E-state index contributed by atoms with van der Waals surface area (Å²) in [5.41, 5.74) is 0.561. The molecule has 0 aliphatic carbocycles. The summed E-state index contributed by atoms with van der Waals surface area (Å²) in [6.07, 6.45) is 1.31. The van der Waals surface area contributed by atoms with Crippen molar-refractivity contribution >= 4 is 18.5 Å². The average Bonchev–Trinajstić information content (AvgIpc) is 2.37. The zero-order chi connectivity index (χ0) is 14.0. The second-order valence-corrected chi connectivity index (χ2v) is 4.82. The molecule has 1 aliphatic rings. The Morgan fingerprint density at radius 3 is 2.47 bits per heavy atom. The lowest BCUT2D eigenvalue weighted by Crippen LogP contribution is -2.48. The van der Waals surface area contributed by atoms with Crippen molar-refractivity contribution in [1.82, 2.24) is 9.88 Å². The van der Waals surface area contributed by atoms with E-state index >= 15 is 0 Å². The highest BCUT2D eigenvalue weighted by atomic mass is 16.5. The maximum atomic E-state index is 12.3. The molecule has 0 spiro atoms. The molecule has 1 aromatic rings. The molecule has 7 heteroatoms. The molecule has 0 saturated carbocycles. The fraction of sp³-hybridized carbons (Fsp3) is 0.500. The van der Waals surface area contributed by atoms with Gasteiger partial charge in [0.05, 0.1) is 12.2 Å². The molecule has 2 atom stereocenters. The lowest BCUT2D eigenvalue weighted by atomic mass is 9.82. The second-order valence-electron chi connectivity index (χ2n) is 4.82. The summed E-state index contributed by atoms with van der Waals surface area (Å²) in [4.78, 5) is 17.9. The number of pyridine rings is 1. The average molecular weight is 264 g/mol. The first-order valence-electron chi connectivity index (χ1n) is 6.24. The molecule has 2 heterocycles. The van der Waals surface area contributed by atoms with Crippen LogP contribution in [0.4, 0.5) is 0 Å². The zero-order valence-electron chi connectivity index (χ0n) is 11.0. The number of rotatable bonds is 2. The van der Waals surface area contributed by atoms with Crippen LogP contribution < -0.4 is 5.46 Å². The number of aromatic nitrogens is 1. The van der Waals surface area contributed by atoms with Crippen molar-refractivity contribution in [2.75, 3.05) is 13.1 Å². The lowest BCUT2D eigenvalue weighted by molar-refractivity contribution is -0.0587.